The van der Waals surface area contributed by atoms with Crippen LogP contribution in [-0.2, 0) is 6.42 Å². The molecule has 1 aromatic carbocycles. The van der Waals surface area contributed by atoms with Crippen LogP contribution in [0.25, 0.3) is 0 Å². The molecule has 1 aromatic rings. The van der Waals surface area contributed by atoms with Crippen LogP contribution in [-0.4, -0.2) is 5.78 Å². The van der Waals surface area contributed by atoms with Crippen LogP contribution < -0.4 is 0 Å². The van der Waals surface area contributed by atoms with E-state index in [4.69, 9.17) is 0 Å². The molecule has 1 heteroatoms. The molecule has 1 saturated carbocycles. The predicted octanol–water partition coefficient (Wildman–Crippen LogP) is 5.18. The highest BCUT2D eigenvalue weighted by atomic mass is 16.1. The average Bonchev–Trinajstić information content (AvgIpc) is 2.68. The van der Waals surface area contributed by atoms with Gasteiger partial charge in [-0.1, -0.05) is 70.1 Å². The second-order valence-corrected chi connectivity index (χ2v) is 5.94. The number of rotatable bonds is 5. The maximum absolute atomic E-state index is 12.4. The third-order valence-electron chi connectivity index (χ3n) is 4.24. The van der Waals surface area contributed by atoms with Crippen molar-refractivity contribution in [2.24, 2.45) is 5.92 Å². The molecule has 1 fully saturated rings. The van der Waals surface area contributed by atoms with Gasteiger partial charge in [0.2, 0.25) is 0 Å². The Hall–Kier alpha value is -1.11. The first-order chi connectivity index (χ1) is 9.29. The summed E-state index contributed by atoms with van der Waals surface area (Å²) in [7, 11) is 0. The van der Waals surface area contributed by atoms with Crippen LogP contribution in [0.1, 0.15) is 74.2 Å². The molecule has 0 amide bonds. The zero-order valence-corrected chi connectivity index (χ0v) is 12.2. The summed E-state index contributed by atoms with van der Waals surface area (Å²) in [6, 6.07) is 8.25. The highest BCUT2D eigenvalue weighted by molar-refractivity contribution is 5.96. The van der Waals surface area contributed by atoms with Crippen LogP contribution >= 0.6 is 0 Å². The van der Waals surface area contributed by atoms with Crippen LogP contribution in [0.5, 0.6) is 0 Å². The third kappa shape index (κ3) is 4.49. The van der Waals surface area contributed by atoms with Gasteiger partial charge in [-0.3, -0.25) is 4.79 Å². The lowest BCUT2D eigenvalue weighted by atomic mass is 9.91. The molecule has 0 bridgehead atoms. The zero-order valence-electron chi connectivity index (χ0n) is 12.2. The maximum atomic E-state index is 12.4. The Morgan fingerprint density at radius 1 is 1.16 bits per heavy atom. The van der Waals surface area contributed by atoms with Crippen molar-refractivity contribution in [3.63, 3.8) is 0 Å². The fourth-order valence-electron chi connectivity index (χ4n) is 3.14. The largest absolute Gasteiger partial charge is 0.294 e. The molecule has 1 aliphatic rings. The van der Waals surface area contributed by atoms with E-state index in [1.165, 1.54) is 44.1 Å². The van der Waals surface area contributed by atoms with Gasteiger partial charge in [0.1, 0.15) is 0 Å². The molecule has 0 N–H and O–H groups in total. The van der Waals surface area contributed by atoms with Crippen molar-refractivity contribution in [2.45, 2.75) is 64.7 Å². The molecule has 104 valence electrons. The van der Waals surface area contributed by atoms with Crippen LogP contribution in [0.4, 0.5) is 0 Å². The molecule has 0 heterocycles. The van der Waals surface area contributed by atoms with Crippen LogP contribution in [0.15, 0.2) is 24.3 Å². The van der Waals surface area contributed by atoms with Crippen molar-refractivity contribution in [3.05, 3.63) is 35.4 Å². The van der Waals surface area contributed by atoms with Gasteiger partial charge in [0.05, 0.1) is 0 Å². The number of hydrogen-bond acceptors (Lipinski definition) is 1. The van der Waals surface area contributed by atoms with E-state index in [0.29, 0.717) is 11.7 Å². The average molecular weight is 258 g/mol. The molecule has 0 atom stereocenters. The minimum atomic E-state index is 0.352. The Bertz CT molecular complexity index is 400. The van der Waals surface area contributed by atoms with E-state index >= 15 is 0 Å². The Morgan fingerprint density at radius 2 is 1.89 bits per heavy atom. The van der Waals surface area contributed by atoms with Gasteiger partial charge in [-0.2, -0.15) is 0 Å². The van der Waals surface area contributed by atoms with Crippen molar-refractivity contribution >= 4 is 5.78 Å². The van der Waals surface area contributed by atoms with Crippen molar-refractivity contribution in [1.82, 2.24) is 0 Å². The first kappa shape index (κ1) is 14.3. The summed E-state index contributed by atoms with van der Waals surface area (Å²) in [4.78, 5) is 12.4. The Balaban J connectivity index is 1.96. The summed E-state index contributed by atoms with van der Waals surface area (Å²) in [6.07, 6.45) is 10.8. The van der Waals surface area contributed by atoms with E-state index in [1.54, 1.807) is 0 Å². The maximum Gasteiger partial charge on any atom is 0.163 e. The van der Waals surface area contributed by atoms with Gasteiger partial charge in [0.15, 0.2) is 5.78 Å². The minimum Gasteiger partial charge on any atom is -0.294 e. The smallest absolute Gasteiger partial charge is 0.163 e. The molecule has 0 spiro atoms. The molecule has 0 saturated heterocycles. The molecule has 0 radical (unpaired) electrons. The normalized spacial score (nSPS) is 17.1. The van der Waals surface area contributed by atoms with E-state index < -0.39 is 0 Å². The first-order valence-corrected chi connectivity index (χ1v) is 7.91. The lowest BCUT2D eigenvalue weighted by molar-refractivity contribution is 0.0957. The number of aryl methyl sites for hydroxylation is 1. The number of carbonyl (C=O) groups is 1. The van der Waals surface area contributed by atoms with E-state index in [1.807, 2.05) is 12.1 Å². The van der Waals surface area contributed by atoms with Crippen molar-refractivity contribution in [1.29, 1.82) is 0 Å². The molecular formula is C18H26O. The van der Waals surface area contributed by atoms with Gasteiger partial charge < -0.3 is 0 Å². The number of benzene rings is 1. The Morgan fingerprint density at radius 3 is 2.58 bits per heavy atom. The van der Waals surface area contributed by atoms with Crippen LogP contribution in [0.2, 0.25) is 0 Å². The molecule has 19 heavy (non-hydrogen) atoms. The summed E-state index contributed by atoms with van der Waals surface area (Å²) >= 11 is 0. The number of hydrogen-bond donors (Lipinski definition) is 0. The van der Waals surface area contributed by atoms with Crippen molar-refractivity contribution < 1.29 is 4.79 Å². The fourth-order valence-corrected chi connectivity index (χ4v) is 3.14. The summed E-state index contributed by atoms with van der Waals surface area (Å²) in [5.41, 5.74) is 2.23. The topological polar surface area (TPSA) is 17.1 Å². The summed E-state index contributed by atoms with van der Waals surface area (Å²) in [5, 5.41) is 0. The molecular weight excluding hydrogens is 232 g/mol. The highest BCUT2D eigenvalue weighted by Crippen LogP contribution is 2.26. The second-order valence-electron chi connectivity index (χ2n) is 5.94. The summed E-state index contributed by atoms with van der Waals surface area (Å²) < 4.78 is 0. The molecule has 1 nitrogen and oxygen atoms in total. The third-order valence-corrected chi connectivity index (χ3v) is 4.24. The van der Waals surface area contributed by atoms with Gasteiger partial charge in [-0.15, -0.1) is 0 Å². The molecule has 1 aliphatic carbocycles. The number of carbonyl (C=O) groups excluding carboxylic acids is 1. The van der Waals surface area contributed by atoms with Crippen LogP contribution in [0.3, 0.4) is 0 Å². The summed E-state index contributed by atoms with van der Waals surface area (Å²) in [5.74, 6) is 0.981. The predicted molar refractivity (Wildman–Crippen MR) is 80.6 cm³/mol. The fraction of sp³-hybridized carbons (Fsp3) is 0.611. The lowest BCUT2D eigenvalue weighted by Crippen LogP contribution is -2.08. The molecule has 0 unspecified atom stereocenters. The monoisotopic (exact) mass is 258 g/mol. The Kier molecular flexibility index (Phi) is 5.62. The highest BCUT2D eigenvalue weighted by Gasteiger charge is 2.17. The molecule has 0 aliphatic heterocycles. The SMILES string of the molecule is CCCc1cccc(C(=O)CC2CCCCCC2)c1. The van der Waals surface area contributed by atoms with Gasteiger partial charge in [-0.05, 0) is 24.0 Å². The summed E-state index contributed by atoms with van der Waals surface area (Å²) in [6.45, 7) is 2.18. The Labute approximate surface area is 117 Å². The van der Waals surface area contributed by atoms with E-state index in [9.17, 15) is 4.79 Å². The second kappa shape index (κ2) is 7.47. The minimum absolute atomic E-state index is 0.352. The van der Waals surface area contributed by atoms with Gasteiger partial charge in [-0.25, -0.2) is 0 Å². The quantitative estimate of drug-likeness (QED) is 0.525. The lowest BCUT2D eigenvalue weighted by Gasteiger charge is -2.13. The van der Waals surface area contributed by atoms with Gasteiger partial charge in [0.25, 0.3) is 0 Å². The standard InChI is InChI=1S/C18H26O/c1-2-8-15-11-7-12-17(13-15)18(19)14-16-9-5-3-4-6-10-16/h7,11-13,16H,2-6,8-10,14H2,1H3. The van der Waals surface area contributed by atoms with Crippen LogP contribution in [0, 0.1) is 5.92 Å². The van der Waals surface area contributed by atoms with Crippen molar-refractivity contribution in [3.8, 4) is 0 Å². The van der Waals surface area contributed by atoms with Crippen molar-refractivity contribution in [2.75, 3.05) is 0 Å². The number of ketones is 1. The van der Waals surface area contributed by atoms with E-state index in [0.717, 1.165) is 24.8 Å². The molecule has 2 rings (SSSR count). The zero-order chi connectivity index (χ0) is 13.5. The first-order valence-electron chi connectivity index (χ1n) is 7.91. The van der Waals surface area contributed by atoms with E-state index in [-0.39, 0.29) is 0 Å². The number of Topliss-reactive ketones (excluding diaryl/α,β-unsaturated/α-hetero) is 1. The van der Waals surface area contributed by atoms with E-state index in [2.05, 4.69) is 19.1 Å². The molecule has 0 aromatic heterocycles. The van der Waals surface area contributed by atoms with Gasteiger partial charge in [0, 0.05) is 12.0 Å². The van der Waals surface area contributed by atoms with Gasteiger partial charge >= 0.3 is 0 Å².